The summed E-state index contributed by atoms with van der Waals surface area (Å²) in [7, 11) is 0. The SMILES string of the molecule is Nc1ccc(Cl)cc1C(=O)NCC1CSCCS1. The number of benzene rings is 1. The van der Waals surface area contributed by atoms with Gasteiger partial charge in [-0.25, -0.2) is 0 Å². The fraction of sp³-hybridized carbons (Fsp3) is 0.417. The third-order valence-electron chi connectivity index (χ3n) is 2.64. The molecule has 3 nitrogen and oxygen atoms in total. The first-order valence-corrected chi connectivity index (χ1v) is 8.27. The Hall–Kier alpha value is -0.520. The lowest BCUT2D eigenvalue weighted by Crippen LogP contribution is -2.33. The van der Waals surface area contributed by atoms with Crippen molar-refractivity contribution in [2.45, 2.75) is 5.25 Å². The highest BCUT2D eigenvalue weighted by molar-refractivity contribution is 8.06. The van der Waals surface area contributed by atoms with Crippen molar-refractivity contribution in [3.63, 3.8) is 0 Å². The molecule has 0 radical (unpaired) electrons. The summed E-state index contributed by atoms with van der Waals surface area (Å²) in [5, 5.41) is 3.94. The molecular weight excluding hydrogens is 288 g/mol. The maximum Gasteiger partial charge on any atom is 0.253 e. The van der Waals surface area contributed by atoms with Gasteiger partial charge in [0, 0.05) is 39.8 Å². The summed E-state index contributed by atoms with van der Waals surface area (Å²) in [6.45, 7) is 0.683. The number of carbonyl (C=O) groups excluding carboxylic acids is 1. The van der Waals surface area contributed by atoms with Crippen LogP contribution >= 0.6 is 35.1 Å². The highest BCUT2D eigenvalue weighted by Gasteiger charge is 2.16. The van der Waals surface area contributed by atoms with E-state index < -0.39 is 0 Å². The highest BCUT2D eigenvalue weighted by Crippen LogP contribution is 2.23. The summed E-state index contributed by atoms with van der Waals surface area (Å²) in [5.41, 5.74) is 6.69. The molecule has 0 aromatic heterocycles. The minimum atomic E-state index is -0.147. The van der Waals surface area contributed by atoms with E-state index in [1.54, 1.807) is 18.2 Å². The van der Waals surface area contributed by atoms with Crippen molar-refractivity contribution in [2.24, 2.45) is 0 Å². The van der Waals surface area contributed by atoms with E-state index in [1.807, 2.05) is 23.5 Å². The van der Waals surface area contributed by atoms with Crippen LogP contribution in [-0.4, -0.2) is 35.0 Å². The quantitative estimate of drug-likeness (QED) is 0.842. The number of nitrogens with two attached hydrogens (primary N) is 1. The summed E-state index contributed by atoms with van der Waals surface area (Å²) in [4.78, 5) is 12.0. The minimum absolute atomic E-state index is 0.147. The van der Waals surface area contributed by atoms with Crippen LogP contribution in [0.25, 0.3) is 0 Å². The predicted molar refractivity (Wildman–Crippen MR) is 81.8 cm³/mol. The van der Waals surface area contributed by atoms with Gasteiger partial charge in [-0.15, -0.1) is 0 Å². The Balaban J connectivity index is 1.92. The van der Waals surface area contributed by atoms with Crippen molar-refractivity contribution in [1.82, 2.24) is 5.32 Å². The summed E-state index contributed by atoms with van der Waals surface area (Å²) in [5.74, 6) is 3.31. The van der Waals surface area contributed by atoms with Crippen LogP contribution in [0.2, 0.25) is 5.02 Å². The second kappa shape index (κ2) is 6.59. The fourth-order valence-corrected chi connectivity index (χ4v) is 4.47. The summed E-state index contributed by atoms with van der Waals surface area (Å²) in [6.07, 6.45) is 0. The van der Waals surface area contributed by atoms with E-state index in [0.717, 1.165) is 11.5 Å². The monoisotopic (exact) mass is 302 g/mol. The van der Waals surface area contributed by atoms with E-state index in [9.17, 15) is 4.79 Å². The van der Waals surface area contributed by atoms with E-state index in [0.29, 0.717) is 28.1 Å². The molecule has 3 N–H and O–H groups in total. The van der Waals surface area contributed by atoms with Crippen LogP contribution in [0.4, 0.5) is 5.69 Å². The van der Waals surface area contributed by atoms with Gasteiger partial charge in [0.05, 0.1) is 5.56 Å². The second-order valence-corrected chi connectivity index (χ2v) is 7.00. The molecule has 0 saturated carbocycles. The van der Waals surface area contributed by atoms with Crippen LogP contribution in [-0.2, 0) is 0 Å². The molecule has 98 valence electrons. The fourth-order valence-electron chi connectivity index (χ4n) is 1.68. The molecule has 1 aliphatic rings. The van der Waals surface area contributed by atoms with E-state index >= 15 is 0 Å². The molecule has 0 spiro atoms. The van der Waals surface area contributed by atoms with Crippen LogP contribution in [0.15, 0.2) is 18.2 Å². The van der Waals surface area contributed by atoms with Gasteiger partial charge in [0.1, 0.15) is 0 Å². The zero-order chi connectivity index (χ0) is 13.0. The molecule has 2 rings (SSSR count). The Morgan fingerprint density at radius 1 is 1.50 bits per heavy atom. The van der Waals surface area contributed by atoms with E-state index in [1.165, 1.54) is 5.75 Å². The Kier molecular flexibility index (Phi) is 5.09. The van der Waals surface area contributed by atoms with E-state index in [-0.39, 0.29) is 5.91 Å². The van der Waals surface area contributed by atoms with Crippen molar-refractivity contribution in [2.75, 3.05) is 29.5 Å². The van der Waals surface area contributed by atoms with E-state index in [4.69, 9.17) is 17.3 Å². The zero-order valence-corrected chi connectivity index (χ0v) is 12.2. The molecule has 1 aromatic rings. The molecule has 1 unspecified atom stereocenters. The standard InChI is InChI=1S/C12H15ClN2OS2/c13-8-1-2-11(14)10(5-8)12(16)15-6-9-7-17-3-4-18-9/h1-2,5,9H,3-4,6-7,14H2,(H,15,16). The summed E-state index contributed by atoms with van der Waals surface area (Å²) < 4.78 is 0. The first-order valence-electron chi connectivity index (χ1n) is 5.69. The second-order valence-electron chi connectivity index (χ2n) is 4.01. The molecule has 0 aliphatic carbocycles. The number of rotatable bonds is 3. The number of halogens is 1. The van der Waals surface area contributed by atoms with Crippen LogP contribution in [0.5, 0.6) is 0 Å². The van der Waals surface area contributed by atoms with Crippen molar-refractivity contribution in [3.05, 3.63) is 28.8 Å². The maximum atomic E-state index is 12.0. The number of amides is 1. The van der Waals surface area contributed by atoms with Crippen molar-refractivity contribution in [3.8, 4) is 0 Å². The van der Waals surface area contributed by atoms with Gasteiger partial charge in [-0.2, -0.15) is 23.5 Å². The first kappa shape index (κ1) is 13.9. The number of hydrogen-bond donors (Lipinski definition) is 2. The molecule has 1 fully saturated rings. The van der Waals surface area contributed by atoms with Gasteiger partial charge in [0.15, 0.2) is 0 Å². The average molecular weight is 303 g/mol. The molecule has 1 aromatic carbocycles. The lowest BCUT2D eigenvalue weighted by molar-refractivity contribution is 0.0955. The number of thioether (sulfide) groups is 2. The smallest absolute Gasteiger partial charge is 0.253 e. The van der Waals surface area contributed by atoms with Crippen molar-refractivity contribution < 1.29 is 4.79 Å². The lowest BCUT2D eigenvalue weighted by atomic mass is 10.1. The Morgan fingerprint density at radius 3 is 3.06 bits per heavy atom. The number of nitrogen functional groups attached to an aromatic ring is 1. The van der Waals surface area contributed by atoms with Crippen LogP contribution in [0.1, 0.15) is 10.4 Å². The van der Waals surface area contributed by atoms with Crippen LogP contribution in [0, 0.1) is 0 Å². The topological polar surface area (TPSA) is 55.1 Å². The molecule has 1 aliphatic heterocycles. The van der Waals surface area contributed by atoms with Crippen molar-refractivity contribution >= 4 is 46.7 Å². The Bertz CT molecular complexity index is 436. The minimum Gasteiger partial charge on any atom is -0.398 e. The number of hydrogen-bond acceptors (Lipinski definition) is 4. The summed E-state index contributed by atoms with van der Waals surface area (Å²) >= 11 is 9.72. The van der Waals surface area contributed by atoms with Gasteiger partial charge in [-0.3, -0.25) is 4.79 Å². The first-order chi connectivity index (χ1) is 8.66. The zero-order valence-electron chi connectivity index (χ0n) is 9.82. The molecule has 1 amide bonds. The molecule has 18 heavy (non-hydrogen) atoms. The van der Waals surface area contributed by atoms with Crippen LogP contribution < -0.4 is 11.1 Å². The third-order valence-corrected chi connectivity index (χ3v) is 5.72. The predicted octanol–water partition coefficient (Wildman–Crippen LogP) is 2.50. The third kappa shape index (κ3) is 3.73. The van der Waals surface area contributed by atoms with Gasteiger partial charge in [0.2, 0.25) is 0 Å². The average Bonchev–Trinajstić information content (AvgIpc) is 2.40. The van der Waals surface area contributed by atoms with Gasteiger partial charge in [-0.1, -0.05) is 11.6 Å². The van der Waals surface area contributed by atoms with E-state index in [2.05, 4.69) is 5.32 Å². The van der Waals surface area contributed by atoms with Crippen LogP contribution in [0.3, 0.4) is 0 Å². The highest BCUT2D eigenvalue weighted by atomic mass is 35.5. The van der Waals surface area contributed by atoms with Gasteiger partial charge < -0.3 is 11.1 Å². The molecule has 6 heteroatoms. The Morgan fingerprint density at radius 2 is 2.33 bits per heavy atom. The summed E-state index contributed by atoms with van der Waals surface area (Å²) in [6, 6.07) is 4.94. The van der Waals surface area contributed by atoms with Gasteiger partial charge >= 0.3 is 0 Å². The largest absolute Gasteiger partial charge is 0.398 e. The molecule has 0 bridgehead atoms. The number of anilines is 1. The maximum absolute atomic E-state index is 12.0. The normalized spacial score (nSPS) is 19.5. The number of nitrogens with one attached hydrogen (secondary N) is 1. The number of carbonyl (C=O) groups is 1. The molecule has 1 saturated heterocycles. The molecular formula is C12H15ClN2OS2. The molecule has 1 heterocycles. The Labute approximate surface area is 120 Å². The van der Waals surface area contributed by atoms with Gasteiger partial charge in [0.25, 0.3) is 5.91 Å². The molecule has 1 atom stereocenters. The van der Waals surface area contributed by atoms with Crippen molar-refractivity contribution in [1.29, 1.82) is 0 Å². The lowest BCUT2D eigenvalue weighted by Gasteiger charge is -2.21. The van der Waals surface area contributed by atoms with Gasteiger partial charge in [-0.05, 0) is 18.2 Å².